The Bertz CT molecular complexity index is 777. The van der Waals surface area contributed by atoms with E-state index in [2.05, 4.69) is 27.7 Å². The first-order chi connectivity index (χ1) is 16.0. The molecular weight excluding hydrogens is 416 g/mol. The third-order valence-corrected chi connectivity index (χ3v) is 7.07. The monoisotopic (exact) mass is 458 g/mol. The Kier molecular flexibility index (Phi) is 9.97. The number of rotatable bonds is 15. The quantitative estimate of drug-likeness (QED) is 0.344. The molecule has 0 saturated heterocycles. The predicted molar refractivity (Wildman–Crippen MR) is 131 cm³/mol. The number of unbranched alkanes of at least 4 members (excludes halogenated alkanes) is 2. The fourth-order valence-electron chi connectivity index (χ4n) is 4.72. The van der Waals surface area contributed by atoms with Crippen LogP contribution in [0.2, 0.25) is 0 Å². The summed E-state index contributed by atoms with van der Waals surface area (Å²) < 4.78 is 0. The number of carbonyl (C=O) groups is 2. The van der Waals surface area contributed by atoms with Crippen LogP contribution in [-0.4, -0.2) is 58.6 Å². The van der Waals surface area contributed by atoms with Crippen molar-refractivity contribution in [1.29, 1.82) is 0 Å². The van der Waals surface area contributed by atoms with Crippen LogP contribution < -0.4 is 10.6 Å². The highest BCUT2D eigenvalue weighted by molar-refractivity contribution is 5.84. The van der Waals surface area contributed by atoms with Gasteiger partial charge >= 0.3 is 5.97 Å². The molecule has 7 nitrogen and oxygen atoms in total. The molecule has 1 aliphatic carbocycles. The molecular formula is C26H42N4O3. The average molecular weight is 459 g/mol. The Morgan fingerprint density at radius 1 is 1.18 bits per heavy atom. The topological polar surface area (TPSA) is 94.6 Å². The van der Waals surface area contributed by atoms with Gasteiger partial charge in [-0.25, -0.2) is 9.78 Å². The van der Waals surface area contributed by atoms with Crippen LogP contribution in [-0.2, 0) is 22.4 Å². The first-order valence-corrected chi connectivity index (χ1v) is 13.0. The normalized spacial score (nSPS) is 16.4. The molecule has 1 aromatic rings. The minimum Gasteiger partial charge on any atom is -0.480 e. The average Bonchev–Trinajstić information content (AvgIpc) is 3.66. The summed E-state index contributed by atoms with van der Waals surface area (Å²) >= 11 is 0. The number of aromatic nitrogens is 1. The van der Waals surface area contributed by atoms with Crippen LogP contribution in [0.4, 0.5) is 5.82 Å². The van der Waals surface area contributed by atoms with Crippen molar-refractivity contribution in [3.63, 3.8) is 0 Å². The van der Waals surface area contributed by atoms with Gasteiger partial charge in [0.1, 0.15) is 11.9 Å². The number of amides is 1. The smallest absolute Gasteiger partial charge is 0.326 e. The van der Waals surface area contributed by atoms with Crippen LogP contribution in [0.5, 0.6) is 0 Å². The Morgan fingerprint density at radius 3 is 2.67 bits per heavy atom. The number of aryl methyl sites for hydroxylation is 2. The Balaban J connectivity index is 1.38. The van der Waals surface area contributed by atoms with Gasteiger partial charge in [-0.3, -0.25) is 4.79 Å². The van der Waals surface area contributed by atoms with E-state index in [4.69, 9.17) is 4.98 Å². The van der Waals surface area contributed by atoms with Gasteiger partial charge in [0.05, 0.1) is 0 Å². The first kappa shape index (κ1) is 25.5. The molecule has 184 valence electrons. The molecule has 1 amide bonds. The van der Waals surface area contributed by atoms with E-state index in [0.717, 1.165) is 70.4 Å². The highest BCUT2D eigenvalue weighted by Crippen LogP contribution is 2.27. The first-order valence-electron chi connectivity index (χ1n) is 13.0. The van der Waals surface area contributed by atoms with Crippen LogP contribution in [0.15, 0.2) is 12.1 Å². The van der Waals surface area contributed by atoms with Crippen LogP contribution in [0.25, 0.3) is 0 Å². The van der Waals surface area contributed by atoms with E-state index in [1.807, 2.05) is 13.8 Å². The Morgan fingerprint density at radius 2 is 1.97 bits per heavy atom. The van der Waals surface area contributed by atoms with Gasteiger partial charge < -0.3 is 20.6 Å². The summed E-state index contributed by atoms with van der Waals surface area (Å²) in [5, 5.41) is 15.8. The summed E-state index contributed by atoms with van der Waals surface area (Å²) in [5.74, 6) is -0.0943. The summed E-state index contributed by atoms with van der Waals surface area (Å²) in [7, 11) is 0. The van der Waals surface area contributed by atoms with Gasteiger partial charge in [0.15, 0.2) is 0 Å². The third-order valence-electron chi connectivity index (χ3n) is 7.07. The molecule has 3 rings (SSSR count). The van der Waals surface area contributed by atoms with Gasteiger partial charge in [0, 0.05) is 30.7 Å². The second-order valence-electron chi connectivity index (χ2n) is 9.62. The maximum Gasteiger partial charge on any atom is 0.326 e. The van der Waals surface area contributed by atoms with Crippen molar-refractivity contribution in [2.75, 3.05) is 25.0 Å². The van der Waals surface area contributed by atoms with Crippen molar-refractivity contribution in [3.05, 3.63) is 23.4 Å². The SMILES string of the molecule is CCC(CC)C(=O)NC(CCN(CCCCCc1ccc2c(n1)NCCC2)C1CC1)C(=O)O. The third kappa shape index (κ3) is 7.98. The number of aliphatic carboxylic acids is 1. The molecule has 1 atom stereocenters. The second kappa shape index (κ2) is 12.9. The van der Waals surface area contributed by atoms with Crippen LogP contribution >= 0.6 is 0 Å². The van der Waals surface area contributed by atoms with Crippen molar-refractivity contribution in [1.82, 2.24) is 15.2 Å². The molecule has 0 spiro atoms. The van der Waals surface area contributed by atoms with E-state index in [9.17, 15) is 14.7 Å². The highest BCUT2D eigenvalue weighted by Gasteiger charge is 2.30. The minimum atomic E-state index is -0.933. The molecule has 1 aliphatic heterocycles. The second-order valence-corrected chi connectivity index (χ2v) is 9.62. The van der Waals surface area contributed by atoms with E-state index in [-0.39, 0.29) is 11.8 Å². The lowest BCUT2D eigenvalue weighted by atomic mass is 10.0. The predicted octanol–water partition coefficient (Wildman–Crippen LogP) is 4.01. The zero-order chi connectivity index (χ0) is 23.6. The minimum absolute atomic E-state index is 0.105. The van der Waals surface area contributed by atoms with Gasteiger partial charge in [-0.2, -0.15) is 0 Å². The molecule has 33 heavy (non-hydrogen) atoms. The Labute approximate surface area is 198 Å². The van der Waals surface area contributed by atoms with Crippen LogP contribution in [0.1, 0.15) is 82.9 Å². The number of carbonyl (C=O) groups excluding carboxylic acids is 1. The number of anilines is 1. The molecule has 1 fully saturated rings. The summed E-state index contributed by atoms with van der Waals surface area (Å²) in [5.41, 5.74) is 2.50. The maximum absolute atomic E-state index is 12.4. The largest absolute Gasteiger partial charge is 0.480 e. The molecule has 1 aromatic heterocycles. The number of nitrogens with one attached hydrogen (secondary N) is 2. The summed E-state index contributed by atoms with van der Waals surface area (Å²) in [6.07, 6.45) is 11.0. The van der Waals surface area contributed by atoms with Crippen molar-refractivity contribution in [2.24, 2.45) is 5.92 Å². The zero-order valence-electron chi connectivity index (χ0n) is 20.4. The number of hydrogen-bond donors (Lipinski definition) is 3. The van der Waals surface area contributed by atoms with Crippen LogP contribution in [0, 0.1) is 5.92 Å². The van der Waals surface area contributed by atoms with Crippen molar-refractivity contribution < 1.29 is 14.7 Å². The maximum atomic E-state index is 12.4. The number of carboxylic acid groups (broad SMARTS) is 1. The van der Waals surface area contributed by atoms with E-state index < -0.39 is 12.0 Å². The highest BCUT2D eigenvalue weighted by atomic mass is 16.4. The van der Waals surface area contributed by atoms with Crippen molar-refractivity contribution in [3.8, 4) is 0 Å². The van der Waals surface area contributed by atoms with Gasteiger partial charge in [-0.05, 0) is 82.4 Å². The lowest BCUT2D eigenvalue weighted by molar-refractivity contribution is -0.142. The fraction of sp³-hybridized carbons (Fsp3) is 0.731. The van der Waals surface area contributed by atoms with Gasteiger partial charge in [0.25, 0.3) is 0 Å². The van der Waals surface area contributed by atoms with Gasteiger partial charge in [-0.15, -0.1) is 0 Å². The number of carboxylic acids is 1. The lowest BCUT2D eigenvalue weighted by Crippen LogP contribution is -2.45. The standard InChI is InChI=1S/C26H42N4O3/c1-3-19(4-2)25(31)29-23(26(32)33)15-18-30(22-13-14-22)17-7-5-6-10-21-12-11-20-9-8-16-27-24(20)28-21/h11-12,19,22-23H,3-10,13-18H2,1-2H3,(H,27,28)(H,29,31)(H,32,33). The number of pyridine rings is 1. The van der Waals surface area contributed by atoms with E-state index >= 15 is 0 Å². The van der Waals surface area contributed by atoms with Crippen molar-refractivity contribution in [2.45, 2.75) is 96.6 Å². The van der Waals surface area contributed by atoms with Crippen molar-refractivity contribution >= 4 is 17.7 Å². The number of hydrogen-bond acceptors (Lipinski definition) is 5. The Hall–Kier alpha value is -2.15. The molecule has 0 bridgehead atoms. The zero-order valence-corrected chi connectivity index (χ0v) is 20.4. The van der Waals surface area contributed by atoms with E-state index in [0.29, 0.717) is 12.5 Å². The van der Waals surface area contributed by atoms with Gasteiger partial charge in [0.2, 0.25) is 5.91 Å². The summed E-state index contributed by atoms with van der Waals surface area (Å²) in [6.45, 7) is 6.68. The summed E-state index contributed by atoms with van der Waals surface area (Å²) in [4.78, 5) is 31.3. The number of fused-ring (bicyclic) bond motifs is 1. The lowest BCUT2D eigenvalue weighted by Gasteiger charge is -2.25. The molecule has 2 heterocycles. The molecule has 2 aliphatic rings. The van der Waals surface area contributed by atoms with Crippen LogP contribution in [0.3, 0.4) is 0 Å². The fourth-order valence-corrected chi connectivity index (χ4v) is 4.72. The molecule has 7 heteroatoms. The molecule has 3 N–H and O–H groups in total. The van der Waals surface area contributed by atoms with E-state index in [1.165, 1.54) is 30.5 Å². The molecule has 1 unspecified atom stereocenters. The molecule has 0 aromatic carbocycles. The molecule has 0 radical (unpaired) electrons. The molecule has 1 saturated carbocycles. The van der Waals surface area contributed by atoms with E-state index in [1.54, 1.807) is 0 Å². The van der Waals surface area contributed by atoms with Gasteiger partial charge in [-0.1, -0.05) is 26.3 Å². The summed E-state index contributed by atoms with van der Waals surface area (Å²) in [6, 6.07) is 4.18. The number of nitrogens with zero attached hydrogens (tertiary/aromatic N) is 2.